The third-order valence-electron chi connectivity index (χ3n) is 1.87. The zero-order valence-corrected chi connectivity index (χ0v) is 7.72. The molecule has 0 spiro atoms. The summed E-state index contributed by atoms with van der Waals surface area (Å²) in [7, 11) is 0. The molecule has 0 aliphatic carbocycles. The van der Waals surface area contributed by atoms with Crippen LogP contribution in [0.3, 0.4) is 0 Å². The number of aliphatic hydroxyl groups excluding tert-OH is 2. The molecule has 0 aliphatic heterocycles. The molecule has 0 radical (unpaired) electrons. The number of benzene rings is 1. The van der Waals surface area contributed by atoms with E-state index in [2.05, 4.69) is 0 Å². The van der Waals surface area contributed by atoms with E-state index >= 15 is 0 Å². The second-order valence-corrected chi connectivity index (χ2v) is 3.11. The molecule has 5 nitrogen and oxygen atoms in total. The fourth-order valence-corrected chi connectivity index (χ4v) is 1.14. The van der Waals surface area contributed by atoms with Crippen molar-refractivity contribution in [3.8, 4) is 0 Å². The number of primary amides is 1. The van der Waals surface area contributed by atoms with Gasteiger partial charge in [0.15, 0.2) is 6.10 Å². The smallest absolute Gasteiger partial charge is 0.249 e. The van der Waals surface area contributed by atoms with E-state index in [-0.39, 0.29) is 11.3 Å². The van der Waals surface area contributed by atoms with E-state index in [9.17, 15) is 14.3 Å². The molecule has 0 aliphatic rings. The van der Waals surface area contributed by atoms with Crippen molar-refractivity contribution >= 4 is 11.6 Å². The van der Waals surface area contributed by atoms with E-state index in [4.69, 9.17) is 16.6 Å². The molecule has 6 N–H and O–H groups in total. The van der Waals surface area contributed by atoms with Crippen molar-refractivity contribution in [3.63, 3.8) is 0 Å². The average Bonchev–Trinajstić information content (AvgIpc) is 2.13. The number of carbonyl (C=O) groups excluding carboxylic acids is 1. The van der Waals surface area contributed by atoms with Gasteiger partial charge in [0, 0.05) is 5.69 Å². The van der Waals surface area contributed by atoms with Crippen molar-refractivity contribution in [2.45, 2.75) is 12.2 Å². The second kappa shape index (κ2) is 4.24. The van der Waals surface area contributed by atoms with Gasteiger partial charge in [0.25, 0.3) is 0 Å². The number of rotatable bonds is 3. The zero-order chi connectivity index (χ0) is 11.6. The van der Waals surface area contributed by atoms with Gasteiger partial charge in [-0.1, -0.05) is 0 Å². The first-order valence-electron chi connectivity index (χ1n) is 4.13. The highest BCUT2D eigenvalue weighted by atomic mass is 19.1. The molecular weight excluding hydrogens is 203 g/mol. The molecule has 1 aromatic rings. The zero-order valence-electron chi connectivity index (χ0n) is 7.72. The van der Waals surface area contributed by atoms with Crippen LogP contribution >= 0.6 is 0 Å². The van der Waals surface area contributed by atoms with E-state index in [1.165, 1.54) is 6.07 Å². The monoisotopic (exact) mass is 214 g/mol. The molecule has 1 amide bonds. The van der Waals surface area contributed by atoms with Gasteiger partial charge in [-0.05, 0) is 23.8 Å². The second-order valence-electron chi connectivity index (χ2n) is 3.11. The number of hydrogen-bond acceptors (Lipinski definition) is 4. The summed E-state index contributed by atoms with van der Waals surface area (Å²) in [5, 5.41) is 18.6. The summed E-state index contributed by atoms with van der Waals surface area (Å²) in [6, 6.07) is 3.26. The maximum absolute atomic E-state index is 12.9. The molecule has 0 saturated heterocycles. The first-order chi connectivity index (χ1) is 6.91. The van der Waals surface area contributed by atoms with Crippen molar-refractivity contribution < 1.29 is 19.4 Å². The average molecular weight is 214 g/mol. The Kier molecular flexibility index (Phi) is 3.23. The molecule has 6 heteroatoms. The molecule has 82 valence electrons. The fourth-order valence-electron chi connectivity index (χ4n) is 1.14. The quantitative estimate of drug-likeness (QED) is 0.498. The number of nitrogen functional groups attached to an aromatic ring is 1. The molecule has 1 aromatic carbocycles. The Bertz CT molecular complexity index is 363. The maximum Gasteiger partial charge on any atom is 0.249 e. The Morgan fingerprint density at radius 2 is 1.93 bits per heavy atom. The van der Waals surface area contributed by atoms with E-state index in [0.29, 0.717) is 0 Å². The van der Waals surface area contributed by atoms with Crippen LogP contribution in [0.1, 0.15) is 11.7 Å². The molecule has 0 fully saturated rings. The number of carbonyl (C=O) groups is 1. The molecule has 0 aromatic heterocycles. The first-order valence-corrected chi connectivity index (χ1v) is 4.13. The van der Waals surface area contributed by atoms with Gasteiger partial charge in [0.1, 0.15) is 11.9 Å². The summed E-state index contributed by atoms with van der Waals surface area (Å²) >= 11 is 0. The van der Waals surface area contributed by atoms with Crippen LogP contribution in [0.4, 0.5) is 10.1 Å². The van der Waals surface area contributed by atoms with Crippen LogP contribution < -0.4 is 11.5 Å². The van der Waals surface area contributed by atoms with Gasteiger partial charge in [0.05, 0.1) is 0 Å². The Morgan fingerprint density at radius 3 is 2.40 bits per heavy atom. The first kappa shape index (κ1) is 11.4. The summed E-state index contributed by atoms with van der Waals surface area (Å²) in [6.45, 7) is 0. The number of amides is 1. The van der Waals surface area contributed by atoms with Gasteiger partial charge < -0.3 is 21.7 Å². The summed E-state index contributed by atoms with van der Waals surface area (Å²) in [4.78, 5) is 10.6. The van der Waals surface area contributed by atoms with Crippen molar-refractivity contribution in [1.29, 1.82) is 0 Å². The van der Waals surface area contributed by atoms with Crippen molar-refractivity contribution in [1.82, 2.24) is 0 Å². The maximum atomic E-state index is 12.9. The minimum atomic E-state index is -1.79. The summed E-state index contributed by atoms with van der Waals surface area (Å²) < 4.78 is 12.9. The predicted molar refractivity (Wildman–Crippen MR) is 51.0 cm³/mol. The lowest BCUT2D eigenvalue weighted by Crippen LogP contribution is -2.33. The highest BCUT2D eigenvalue weighted by molar-refractivity contribution is 5.79. The van der Waals surface area contributed by atoms with Crippen LogP contribution in [0.5, 0.6) is 0 Å². The Hall–Kier alpha value is -1.66. The van der Waals surface area contributed by atoms with Gasteiger partial charge in [0.2, 0.25) is 5.91 Å². The summed E-state index contributed by atoms with van der Waals surface area (Å²) in [5.74, 6) is -1.76. The highest BCUT2D eigenvalue weighted by Gasteiger charge is 2.23. The van der Waals surface area contributed by atoms with E-state index in [1.807, 2.05) is 0 Å². The van der Waals surface area contributed by atoms with Gasteiger partial charge in [-0.2, -0.15) is 0 Å². The fraction of sp³-hybridized carbons (Fsp3) is 0.222. The molecule has 0 heterocycles. The highest BCUT2D eigenvalue weighted by Crippen LogP contribution is 2.20. The number of aliphatic hydroxyl groups is 2. The van der Waals surface area contributed by atoms with Crippen LogP contribution in [0.25, 0.3) is 0 Å². The van der Waals surface area contributed by atoms with Crippen LogP contribution in [0, 0.1) is 5.82 Å². The molecular formula is C9H11FN2O3. The minimum absolute atomic E-state index is 0.00111. The van der Waals surface area contributed by atoms with Gasteiger partial charge in [-0.15, -0.1) is 0 Å². The lowest BCUT2D eigenvalue weighted by Gasteiger charge is -2.15. The number of hydrogen-bond donors (Lipinski definition) is 4. The van der Waals surface area contributed by atoms with Gasteiger partial charge >= 0.3 is 0 Å². The number of anilines is 1. The van der Waals surface area contributed by atoms with E-state index < -0.39 is 23.9 Å². The molecule has 1 rings (SSSR count). The third kappa shape index (κ3) is 2.64. The predicted octanol–water partition coefficient (Wildman–Crippen LogP) is -0.713. The summed E-state index contributed by atoms with van der Waals surface area (Å²) in [6.07, 6.45) is -3.37. The number of halogens is 1. The van der Waals surface area contributed by atoms with Crippen LogP contribution in [0.2, 0.25) is 0 Å². The molecule has 0 saturated carbocycles. The van der Waals surface area contributed by atoms with Crippen LogP contribution in [-0.2, 0) is 4.79 Å². The SMILES string of the molecule is NC(=O)C(O)C(O)c1cc(N)cc(F)c1. The lowest BCUT2D eigenvalue weighted by atomic mass is 10.0. The molecule has 2 unspecified atom stereocenters. The van der Waals surface area contributed by atoms with E-state index in [0.717, 1.165) is 12.1 Å². The third-order valence-corrected chi connectivity index (χ3v) is 1.87. The Balaban J connectivity index is 3.00. The largest absolute Gasteiger partial charge is 0.399 e. The molecule has 2 atom stereocenters. The molecule has 15 heavy (non-hydrogen) atoms. The Labute approximate surface area is 85.1 Å². The number of nitrogens with two attached hydrogens (primary N) is 2. The standard InChI is InChI=1S/C9H11FN2O3/c10-5-1-4(2-6(11)3-5)7(13)8(14)9(12)15/h1-3,7-8,13-14H,11H2,(H2,12,15). The van der Waals surface area contributed by atoms with Gasteiger partial charge in [-0.25, -0.2) is 4.39 Å². The summed E-state index contributed by atoms with van der Waals surface area (Å²) in [5.41, 5.74) is 10.2. The Morgan fingerprint density at radius 1 is 1.33 bits per heavy atom. The molecule has 0 bridgehead atoms. The van der Waals surface area contributed by atoms with Crippen LogP contribution in [0.15, 0.2) is 18.2 Å². The normalized spacial score (nSPS) is 14.6. The lowest BCUT2D eigenvalue weighted by molar-refractivity contribution is -0.131. The topological polar surface area (TPSA) is 110 Å². The van der Waals surface area contributed by atoms with Crippen molar-refractivity contribution in [3.05, 3.63) is 29.6 Å². The van der Waals surface area contributed by atoms with Gasteiger partial charge in [-0.3, -0.25) is 4.79 Å². The van der Waals surface area contributed by atoms with Crippen molar-refractivity contribution in [2.75, 3.05) is 5.73 Å². The van der Waals surface area contributed by atoms with E-state index in [1.54, 1.807) is 0 Å². The van der Waals surface area contributed by atoms with Crippen molar-refractivity contribution in [2.24, 2.45) is 5.73 Å². The minimum Gasteiger partial charge on any atom is -0.399 e. The van der Waals surface area contributed by atoms with Crippen LogP contribution in [-0.4, -0.2) is 22.2 Å².